The van der Waals surface area contributed by atoms with Crippen molar-refractivity contribution in [1.29, 1.82) is 0 Å². The number of carbonyl (C=O) groups excluding carboxylic acids is 1. The molecule has 116 valence electrons. The summed E-state index contributed by atoms with van der Waals surface area (Å²) >= 11 is 0. The Bertz CT molecular complexity index is 715. The van der Waals surface area contributed by atoms with Crippen LogP contribution in [0, 0.1) is 6.92 Å². The van der Waals surface area contributed by atoms with Crippen LogP contribution in [0.4, 0.5) is 0 Å². The fraction of sp³-hybridized carbons (Fsp3) is 0.294. The van der Waals surface area contributed by atoms with Gasteiger partial charge in [-0.1, -0.05) is 25.1 Å². The third-order valence-corrected chi connectivity index (χ3v) is 3.72. The number of aromatic carboxylic acids is 1. The monoisotopic (exact) mass is 301 g/mol. The van der Waals surface area contributed by atoms with E-state index in [0.29, 0.717) is 18.5 Å². The first-order chi connectivity index (χ1) is 10.5. The van der Waals surface area contributed by atoms with Crippen LogP contribution < -0.4 is 0 Å². The minimum Gasteiger partial charge on any atom is -0.477 e. The summed E-state index contributed by atoms with van der Waals surface area (Å²) in [6, 6.07) is 8.95. The lowest BCUT2D eigenvalue weighted by Crippen LogP contribution is -2.15. The number of aryl methyl sites for hydroxylation is 2. The molecule has 1 aromatic heterocycles. The predicted molar refractivity (Wildman–Crippen MR) is 82.4 cm³/mol. The number of carboxylic acid groups (broad SMARTS) is 1. The molecule has 5 nitrogen and oxygen atoms in total. The van der Waals surface area contributed by atoms with E-state index in [-0.39, 0.29) is 5.69 Å². The lowest BCUT2D eigenvalue weighted by atomic mass is 10.1. The predicted octanol–water partition coefficient (Wildman–Crippen LogP) is 2.89. The van der Waals surface area contributed by atoms with E-state index in [1.165, 1.54) is 7.11 Å². The third kappa shape index (κ3) is 2.88. The number of hydrogen-bond acceptors (Lipinski definition) is 3. The molecular formula is C17H19NO4. The topological polar surface area (TPSA) is 68.5 Å². The van der Waals surface area contributed by atoms with Crippen molar-refractivity contribution in [1.82, 2.24) is 4.57 Å². The second kappa shape index (κ2) is 6.47. The molecule has 1 heterocycles. The van der Waals surface area contributed by atoms with Crippen LogP contribution >= 0.6 is 0 Å². The summed E-state index contributed by atoms with van der Waals surface area (Å²) in [5.41, 5.74) is 3.11. The van der Waals surface area contributed by atoms with Gasteiger partial charge in [-0.25, -0.2) is 9.59 Å². The van der Waals surface area contributed by atoms with Crippen LogP contribution in [0.15, 0.2) is 30.3 Å². The zero-order chi connectivity index (χ0) is 16.3. The molecule has 0 fully saturated rings. The summed E-state index contributed by atoms with van der Waals surface area (Å²) in [6.45, 7) is 4.11. The summed E-state index contributed by atoms with van der Waals surface area (Å²) in [7, 11) is 1.33. The van der Waals surface area contributed by atoms with Gasteiger partial charge in [0.05, 0.1) is 12.7 Å². The highest BCUT2D eigenvalue weighted by Crippen LogP contribution is 2.20. The van der Waals surface area contributed by atoms with E-state index in [2.05, 4.69) is 0 Å². The Kier molecular flexibility index (Phi) is 4.65. The number of hydrogen-bond donors (Lipinski definition) is 1. The Morgan fingerprint density at radius 1 is 1.23 bits per heavy atom. The van der Waals surface area contributed by atoms with Crippen molar-refractivity contribution < 1.29 is 19.4 Å². The van der Waals surface area contributed by atoms with Gasteiger partial charge < -0.3 is 14.4 Å². The van der Waals surface area contributed by atoms with Crippen LogP contribution in [0.1, 0.15) is 44.6 Å². The van der Waals surface area contributed by atoms with Crippen molar-refractivity contribution in [3.05, 3.63) is 58.4 Å². The van der Waals surface area contributed by atoms with Crippen LogP contribution in [0.3, 0.4) is 0 Å². The highest BCUT2D eigenvalue weighted by Gasteiger charge is 2.20. The molecule has 0 aliphatic carbocycles. The van der Waals surface area contributed by atoms with Gasteiger partial charge in [0.25, 0.3) is 0 Å². The van der Waals surface area contributed by atoms with Crippen molar-refractivity contribution in [2.45, 2.75) is 26.8 Å². The van der Waals surface area contributed by atoms with E-state index in [9.17, 15) is 14.7 Å². The molecule has 0 atom stereocenters. The normalized spacial score (nSPS) is 10.5. The summed E-state index contributed by atoms with van der Waals surface area (Å²) in [5, 5.41) is 9.48. The van der Waals surface area contributed by atoms with E-state index >= 15 is 0 Å². The lowest BCUT2D eigenvalue weighted by Gasteiger charge is -2.13. The molecule has 0 saturated heterocycles. The average Bonchev–Trinajstić information content (AvgIpc) is 2.83. The van der Waals surface area contributed by atoms with Crippen molar-refractivity contribution >= 4 is 11.9 Å². The van der Waals surface area contributed by atoms with E-state index in [4.69, 9.17) is 4.74 Å². The average molecular weight is 301 g/mol. The summed E-state index contributed by atoms with van der Waals surface area (Å²) in [6.07, 6.45) is 0.647. The molecule has 0 radical (unpaired) electrons. The van der Waals surface area contributed by atoms with Gasteiger partial charge in [-0.15, -0.1) is 0 Å². The molecule has 0 bridgehead atoms. The van der Waals surface area contributed by atoms with Crippen LogP contribution in [0.25, 0.3) is 0 Å². The SMILES string of the molecule is CCc1cc(C)n(Cc2ccccc2C(=O)OC)c1C(=O)O. The Morgan fingerprint density at radius 3 is 2.50 bits per heavy atom. The summed E-state index contributed by atoms with van der Waals surface area (Å²) < 4.78 is 6.51. The van der Waals surface area contributed by atoms with Gasteiger partial charge in [0.2, 0.25) is 0 Å². The number of nitrogens with zero attached hydrogens (tertiary/aromatic N) is 1. The van der Waals surface area contributed by atoms with Gasteiger partial charge in [0.1, 0.15) is 5.69 Å². The van der Waals surface area contributed by atoms with Crippen molar-refractivity contribution in [3.8, 4) is 0 Å². The van der Waals surface area contributed by atoms with Gasteiger partial charge in [0, 0.05) is 12.2 Å². The molecule has 1 N–H and O–H groups in total. The molecule has 0 spiro atoms. The number of carboxylic acids is 1. The molecule has 0 aliphatic rings. The summed E-state index contributed by atoms with van der Waals surface area (Å²) in [5.74, 6) is -1.38. The Hall–Kier alpha value is -2.56. The second-order valence-electron chi connectivity index (χ2n) is 5.05. The highest BCUT2D eigenvalue weighted by atomic mass is 16.5. The first-order valence-electron chi connectivity index (χ1n) is 7.08. The molecule has 0 aliphatic heterocycles. The van der Waals surface area contributed by atoms with Crippen LogP contribution in [0.2, 0.25) is 0 Å². The van der Waals surface area contributed by atoms with Gasteiger partial charge in [-0.2, -0.15) is 0 Å². The van der Waals surface area contributed by atoms with E-state index in [0.717, 1.165) is 16.8 Å². The Morgan fingerprint density at radius 2 is 1.91 bits per heavy atom. The number of esters is 1. The molecule has 5 heteroatoms. The van der Waals surface area contributed by atoms with Crippen molar-refractivity contribution in [2.24, 2.45) is 0 Å². The van der Waals surface area contributed by atoms with Gasteiger partial charge in [0.15, 0.2) is 0 Å². The van der Waals surface area contributed by atoms with Crippen molar-refractivity contribution in [3.63, 3.8) is 0 Å². The van der Waals surface area contributed by atoms with Gasteiger partial charge in [-0.05, 0) is 36.6 Å². The highest BCUT2D eigenvalue weighted by molar-refractivity contribution is 5.91. The number of aromatic nitrogens is 1. The molecule has 0 unspecified atom stereocenters. The molecule has 1 aromatic carbocycles. The molecule has 0 saturated carbocycles. The maximum atomic E-state index is 11.8. The first-order valence-corrected chi connectivity index (χ1v) is 7.08. The molecule has 2 rings (SSSR count). The van der Waals surface area contributed by atoms with Gasteiger partial charge >= 0.3 is 11.9 Å². The smallest absolute Gasteiger partial charge is 0.352 e. The molecule has 22 heavy (non-hydrogen) atoms. The number of rotatable bonds is 5. The number of methoxy groups -OCH3 is 1. The number of benzene rings is 1. The molecular weight excluding hydrogens is 282 g/mol. The van der Waals surface area contributed by atoms with E-state index < -0.39 is 11.9 Å². The van der Waals surface area contributed by atoms with Gasteiger partial charge in [-0.3, -0.25) is 0 Å². The summed E-state index contributed by atoms with van der Waals surface area (Å²) in [4.78, 5) is 23.4. The van der Waals surface area contributed by atoms with Crippen LogP contribution in [-0.2, 0) is 17.7 Å². The second-order valence-corrected chi connectivity index (χ2v) is 5.05. The molecule has 2 aromatic rings. The lowest BCUT2D eigenvalue weighted by molar-refractivity contribution is 0.0599. The standard InChI is InChI=1S/C17H19NO4/c1-4-12-9-11(2)18(15(12)16(19)20)10-13-7-5-6-8-14(13)17(21)22-3/h5-9H,4,10H2,1-3H3,(H,19,20). The maximum absolute atomic E-state index is 11.8. The largest absolute Gasteiger partial charge is 0.477 e. The van der Waals surface area contributed by atoms with E-state index in [1.54, 1.807) is 16.7 Å². The van der Waals surface area contributed by atoms with Crippen LogP contribution in [-0.4, -0.2) is 28.7 Å². The Labute approximate surface area is 129 Å². The maximum Gasteiger partial charge on any atom is 0.352 e. The Balaban J connectivity index is 2.51. The third-order valence-electron chi connectivity index (χ3n) is 3.72. The fourth-order valence-corrected chi connectivity index (χ4v) is 2.61. The zero-order valence-electron chi connectivity index (χ0n) is 12.9. The van der Waals surface area contributed by atoms with Crippen LogP contribution in [0.5, 0.6) is 0 Å². The number of carbonyl (C=O) groups is 2. The first kappa shape index (κ1) is 15.8. The quantitative estimate of drug-likeness (QED) is 0.862. The minimum absolute atomic E-state index is 0.277. The zero-order valence-corrected chi connectivity index (χ0v) is 12.9. The van der Waals surface area contributed by atoms with E-state index in [1.807, 2.05) is 32.0 Å². The fourth-order valence-electron chi connectivity index (χ4n) is 2.61. The minimum atomic E-state index is -0.958. The van der Waals surface area contributed by atoms with Crippen molar-refractivity contribution in [2.75, 3.05) is 7.11 Å². The molecule has 0 amide bonds. The number of ether oxygens (including phenoxy) is 1.